The molecule has 2 N–H and O–H groups in total. The Morgan fingerprint density at radius 1 is 1.32 bits per heavy atom. The van der Waals surface area contributed by atoms with Gasteiger partial charge in [0.05, 0.1) is 12.1 Å². The standard InChI is InChI=1S/C14H18ClNO3/c15-10-5-7-11(8-6-10)19-9-14(18)16-12-3-1-2-4-13(12)17/h5-8,12-13,17H,1-4,9H2,(H,16,18). The maximum atomic E-state index is 11.7. The van der Waals surface area contributed by atoms with Gasteiger partial charge in [-0.2, -0.15) is 0 Å². The van der Waals surface area contributed by atoms with E-state index in [-0.39, 0.29) is 18.6 Å². The molecule has 1 aromatic carbocycles. The monoisotopic (exact) mass is 283 g/mol. The number of aliphatic hydroxyl groups is 1. The van der Waals surface area contributed by atoms with Gasteiger partial charge in [-0.15, -0.1) is 0 Å². The number of carbonyl (C=O) groups excluding carboxylic acids is 1. The molecule has 1 aromatic rings. The third-order valence-electron chi connectivity index (χ3n) is 3.26. The Labute approximate surface area is 117 Å². The first-order valence-corrected chi connectivity index (χ1v) is 6.89. The van der Waals surface area contributed by atoms with E-state index in [0.29, 0.717) is 10.8 Å². The molecule has 5 heteroatoms. The molecule has 0 saturated heterocycles. The minimum absolute atomic E-state index is 0.0507. The van der Waals surface area contributed by atoms with E-state index in [2.05, 4.69) is 5.32 Å². The second-order valence-corrected chi connectivity index (χ2v) is 5.20. The zero-order chi connectivity index (χ0) is 13.7. The molecule has 0 spiro atoms. The van der Waals surface area contributed by atoms with Gasteiger partial charge in [0, 0.05) is 5.02 Å². The molecule has 2 atom stereocenters. The average molecular weight is 284 g/mol. The van der Waals surface area contributed by atoms with Gasteiger partial charge in [-0.25, -0.2) is 0 Å². The summed E-state index contributed by atoms with van der Waals surface area (Å²) in [6, 6.07) is 6.70. The topological polar surface area (TPSA) is 58.6 Å². The van der Waals surface area contributed by atoms with E-state index in [0.717, 1.165) is 25.7 Å². The van der Waals surface area contributed by atoms with E-state index in [4.69, 9.17) is 16.3 Å². The van der Waals surface area contributed by atoms with Crippen LogP contribution in [0.1, 0.15) is 25.7 Å². The highest BCUT2D eigenvalue weighted by atomic mass is 35.5. The fourth-order valence-corrected chi connectivity index (χ4v) is 2.33. The summed E-state index contributed by atoms with van der Waals surface area (Å²) in [6.45, 7) is -0.0507. The van der Waals surface area contributed by atoms with Crippen LogP contribution in [0.3, 0.4) is 0 Å². The van der Waals surface area contributed by atoms with Gasteiger partial charge in [0.15, 0.2) is 6.61 Å². The van der Waals surface area contributed by atoms with Crippen LogP contribution in [0.4, 0.5) is 0 Å². The summed E-state index contributed by atoms with van der Waals surface area (Å²) >= 11 is 5.76. The van der Waals surface area contributed by atoms with Gasteiger partial charge in [-0.05, 0) is 37.1 Å². The smallest absolute Gasteiger partial charge is 0.258 e. The second-order valence-electron chi connectivity index (χ2n) is 4.77. The Hall–Kier alpha value is -1.26. The van der Waals surface area contributed by atoms with E-state index in [1.165, 1.54) is 0 Å². The second kappa shape index (κ2) is 6.78. The van der Waals surface area contributed by atoms with Crippen molar-refractivity contribution in [3.63, 3.8) is 0 Å². The number of benzene rings is 1. The van der Waals surface area contributed by atoms with Crippen LogP contribution < -0.4 is 10.1 Å². The van der Waals surface area contributed by atoms with Crippen LogP contribution in [-0.4, -0.2) is 29.8 Å². The van der Waals surface area contributed by atoms with Crippen molar-refractivity contribution in [2.45, 2.75) is 37.8 Å². The molecule has 1 aliphatic carbocycles. The molecule has 0 aromatic heterocycles. The molecule has 1 fully saturated rings. The van der Waals surface area contributed by atoms with Crippen LogP contribution in [-0.2, 0) is 4.79 Å². The van der Waals surface area contributed by atoms with Crippen molar-refractivity contribution in [1.29, 1.82) is 0 Å². The van der Waals surface area contributed by atoms with Crippen LogP contribution >= 0.6 is 11.6 Å². The van der Waals surface area contributed by atoms with E-state index in [1.807, 2.05) is 0 Å². The molecule has 2 unspecified atom stereocenters. The molecule has 19 heavy (non-hydrogen) atoms. The highest BCUT2D eigenvalue weighted by molar-refractivity contribution is 6.30. The number of hydrogen-bond donors (Lipinski definition) is 2. The van der Waals surface area contributed by atoms with Crippen molar-refractivity contribution >= 4 is 17.5 Å². The minimum Gasteiger partial charge on any atom is -0.484 e. The van der Waals surface area contributed by atoms with Gasteiger partial charge in [0.1, 0.15) is 5.75 Å². The maximum Gasteiger partial charge on any atom is 0.258 e. The van der Waals surface area contributed by atoms with Crippen molar-refractivity contribution in [2.24, 2.45) is 0 Å². The van der Waals surface area contributed by atoms with Crippen LogP contribution in [0.25, 0.3) is 0 Å². The summed E-state index contributed by atoms with van der Waals surface area (Å²) < 4.78 is 5.35. The summed E-state index contributed by atoms with van der Waals surface area (Å²) in [5, 5.41) is 13.2. The molecule has 0 heterocycles. The summed E-state index contributed by atoms with van der Waals surface area (Å²) in [5.41, 5.74) is 0. The first kappa shape index (κ1) is 14.2. The van der Waals surface area contributed by atoms with Crippen molar-refractivity contribution in [2.75, 3.05) is 6.61 Å². The maximum absolute atomic E-state index is 11.7. The van der Waals surface area contributed by atoms with Gasteiger partial charge in [0.2, 0.25) is 0 Å². The summed E-state index contributed by atoms with van der Waals surface area (Å²) in [5.74, 6) is 0.393. The summed E-state index contributed by atoms with van der Waals surface area (Å²) in [7, 11) is 0. The number of rotatable bonds is 4. The lowest BCUT2D eigenvalue weighted by Gasteiger charge is -2.28. The molecular formula is C14H18ClNO3. The summed E-state index contributed by atoms with van der Waals surface area (Å²) in [6.07, 6.45) is 3.21. The number of amides is 1. The number of halogens is 1. The predicted molar refractivity (Wildman–Crippen MR) is 73.4 cm³/mol. The number of nitrogens with one attached hydrogen (secondary N) is 1. The van der Waals surface area contributed by atoms with Crippen molar-refractivity contribution in [3.8, 4) is 5.75 Å². The lowest BCUT2D eigenvalue weighted by Crippen LogP contribution is -2.46. The number of ether oxygens (including phenoxy) is 1. The van der Waals surface area contributed by atoms with Gasteiger partial charge in [-0.1, -0.05) is 24.4 Å². The van der Waals surface area contributed by atoms with Gasteiger partial charge >= 0.3 is 0 Å². The van der Waals surface area contributed by atoms with Crippen LogP contribution in [0.15, 0.2) is 24.3 Å². The minimum atomic E-state index is -0.437. The molecule has 104 valence electrons. The molecular weight excluding hydrogens is 266 g/mol. The van der Waals surface area contributed by atoms with Crippen LogP contribution in [0.5, 0.6) is 5.75 Å². The lowest BCUT2D eigenvalue weighted by atomic mass is 9.92. The zero-order valence-electron chi connectivity index (χ0n) is 10.6. The first-order valence-electron chi connectivity index (χ1n) is 6.51. The summed E-state index contributed by atoms with van der Waals surface area (Å²) in [4.78, 5) is 11.7. The van der Waals surface area contributed by atoms with Gasteiger partial charge in [-0.3, -0.25) is 4.79 Å². The molecule has 2 rings (SSSR count). The fraction of sp³-hybridized carbons (Fsp3) is 0.500. The quantitative estimate of drug-likeness (QED) is 0.890. The van der Waals surface area contributed by atoms with Gasteiger partial charge < -0.3 is 15.2 Å². The molecule has 1 saturated carbocycles. The Morgan fingerprint density at radius 3 is 2.68 bits per heavy atom. The van der Waals surface area contributed by atoms with Crippen LogP contribution in [0.2, 0.25) is 5.02 Å². The van der Waals surface area contributed by atoms with E-state index >= 15 is 0 Å². The molecule has 0 bridgehead atoms. The van der Waals surface area contributed by atoms with E-state index in [1.54, 1.807) is 24.3 Å². The Kier molecular flexibility index (Phi) is 5.05. The third-order valence-corrected chi connectivity index (χ3v) is 3.51. The van der Waals surface area contributed by atoms with Crippen molar-refractivity contribution in [3.05, 3.63) is 29.3 Å². The van der Waals surface area contributed by atoms with E-state index < -0.39 is 6.10 Å². The van der Waals surface area contributed by atoms with Gasteiger partial charge in [0.25, 0.3) is 5.91 Å². The number of carbonyl (C=O) groups is 1. The lowest BCUT2D eigenvalue weighted by molar-refractivity contribution is -0.125. The largest absolute Gasteiger partial charge is 0.484 e. The fourth-order valence-electron chi connectivity index (χ4n) is 2.21. The van der Waals surface area contributed by atoms with Crippen molar-refractivity contribution in [1.82, 2.24) is 5.32 Å². The Bertz CT molecular complexity index is 421. The highest BCUT2D eigenvalue weighted by Gasteiger charge is 2.24. The Balaban J connectivity index is 1.76. The molecule has 1 amide bonds. The third kappa shape index (κ3) is 4.40. The number of hydrogen-bond acceptors (Lipinski definition) is 3. The first-order chi connectivity index (χ1) is 9.15. The zero-order valence-corrected chi connectivity index (χ0v) is 11.4. The molecule has 4 nitrogen and oxygen atoms in total. The average Bonchev–Trinajstić information content (AvgIpc) is 2.41. The highest BCUT2D eigenvalue weighted by Crippen LogP contribution is 2.18. The predicted octanol–water partition coefficient (Wildman–Crippen LogP) is 2.14. The Morgan fingerprint density at radius 2 is 2.00 bits per heavy atom. The number of aliphatic hydroxyl groups excluding tert-OH is 1. The SMILES string of the molecule is O=C(COc1ccc(Cl)cc1)NC1CCCCC1O. The normalized spacial score (nSPS) is 22.8. The molecule has 0 aliphatic heterocycles. The van der Waals surface area contributed by atoms with Crippen LogP contribution in [0, 0.1) is 0 Å². The van der Waals surface area contributed by atoms with E-state index in [9.17, 15) is 9.90 Å². The molecule has 1 aliphatic rings. The van der Waals surface area contributed by atoms with Crippen molar-refractivity contribution < 1.29 is 14.6 Å². The molecule has 0 radical (unpaired) electrons.